The van der Waals surface area contributed by atoms with Crippen LogP contribution >= 0.6 is 0 Å². The monoisotopic (exact) mass is 280 g/mol. The molecule has 0 aliphatic carbocycles. The average Bonchev–Trinajstić information content (AvgIpc) is 2.70. The Labute approximate surface area is 115 Å². The van der Waals surface area contributed by atoms with Crippen molar-refractivity contribution < 1.29 is 0 Å². The number of aryl methyl sites for hydroxylation is 2. The zero-order valence-electron chi connectivity index (χ0n) is 12.3. The van der Waals surface area contributed by atoms with Crippen molar-refractivity contribution in [2.75, 3.05) is 0 Å². The van der Waals surface area contributed by atoms with Crippen LogP contribution in [0.2, 0.25) is 0 Å². The summed E-state index contributed by atoms with van der Waals surface area (Å²) in [5, 5.41) is 0. The van der Waals surface area contributed by atoms with E-state index in [0.717, 1.165) is 19.3 Å². The minimum Gasteiger partial charge on any atom is -0.291 e. The Morgan fingerprint density at radius 2 is 1.80 bits per heavy atom. The number of nitrogens with zero attached hydrogens (tertiary/aromatic N) is 3. The molecule has 2 aromatic rings. The molecule has 0 aliphatic heterocycles. The van der Waals surface area contributed by atoms with Crippen molar-refractivity contribution in [2.45, 2.75) is 39.2 Å². The first-order valence-corrected chi connectivity index (χ1v) is 6.80. The van der Waals surface area contributed by atoms with Crippen molar-refractivity contribution in [3.8, 4) is 0 Å². The highest BCUT2D eigenvalue weighted by Crippen LogP contribution is 2.11. The number of aromatic amines is 1. The molecule has 0 bridgehead atoms. The van der Waals surface area contributed by atoms with Gasteiger partial charge in [-0.15, -0.1) is 0 Å². The molecule has 0 saturated carbocycles. The quantitative estimate of drug-likeness (QED) is 0.884. The number of nitrogens with one attached hydrogen (secondary N) is 1. The zero-order chi connectivity index (χ0) is 15.0. The number of unbranched alkanes of at least 4 members (excludes halogenated alkanes) is 1. The van der Waals surface area contributed by atoms with E-state index in [0.29, 0.717) is 0 Å². The molecule has 0 amide bonds. The Hall–Kier alpha value is -2.05. The summed E-state index contributed by atoms with van der Waals surface area (Å²) in [7, 11) is 3.08. The van der Waals surface area contributed by atoms with Crippen LogP contribution < -0.4 is 16.9 Å². The van der Waals surface area contributed by atoms with E-state index in [1.807, 2.05) is 6.92 Å². The summed E-state index contributed by atoms with van der Waals surface area (Å²) >= 11 is 0. The fraction of sp³-hybridized carbons (Fsp3) is 0.615. The van der Waals surface area contributed by atoms with Gasteiger partial charge in [-0.25, -0.2) is 9.59 Å². The van der Waals surface area contributed by atoms with Crippen LogP contribution in [0.15, 0.2) is 14.4 Å². The molecule has 2 aromatic heterocycles. The van der Waals surface area contributed by atoms with E-state index >= 15 is 0 Å². The van der Waals surface area contributed by atoms with Crippen LogP contribution in [0, 0.1) is 0 Å². The van der Waals surface area contributed by atoms with Gasteiger partial charge in [-0.05, 0) is 13.3 Å². The van der Waals surface area contributed by atoms with Gasteiger partial charge >= 0.3 is 11.4 Å². The summed E-state index contributed by atoms with van der Waals surface area (Å²) in [5.74, 6) is 0. The van der Waals surface area contributed by atoms with Gasteiger partial charge in [-0.2, -0.15) is 0 Å². The molecule has 2 rings (SSSR count). The summed E-state index contributed by atoms with van der Waals surface area (Å²) in [4.78, 5) is 39.0. The maximum atomic E-state index is 12.5. The van der Waals surface area contributed by atoms with Crippen molar-refractivity contribution in [2.24, 2.45) is 14.1 Å². The standard InChI is InChI=1S/C13H20N4O3/c1-5-6-7-8(2)17-11(18)9-10(16(4)13(17)20)14-12(19)15(9)3/h8H,5-7H2,1-4H3,(H,14,19). The molecule has 0 spiro atoms. The first-order valence-electron chi connectivity index (χ1n) is 6.80. The lowest BCUT2D eigenvalue weighted by molar-refractivity contribution is 0.447. The highest BCUT2D eigenvalue weighted by Gasteiger charge is 2.19. The Kier molecular flexibility index (Phi) is 3.69. The van der Waals surface area contributed by atoms with Crippen LogP contribution in [-0.2, 0) is 14.1 Å². The molecule has 1 atom stereocenters. The maximum absolute atomic E-state index is 12.5. The van der Waals surface area contributed by atoms with E-state index in [1.54, 1.807) is 7.05 Å². The number of aromatic nitrogens is 4. The number of hydrogen-bond donors (Lipinski definition) is 1. The van der Waals surface area contributed by atoms with Crippen molar-refractivity contribution in [3.63, 3.8) is 0 Å². The first-order chi connectivity index (χ1) is 9.40. The summed E-state index contributed by atoms with van der Waals surface area (Å²) < 4.78 is 3.81. The van der Waals surface area contributed by atoms with Crippen LogP contribution in [0.3, 0.4) is 0 Å². The number of H-pyrrole nitrogens is 1. The molecule has 0 radical (unpaired) electrons. The SMILES string of the molecule is CCCCC(C)n1c(=O)c2c([nH]c(=O)n2C)n(C)c1=O. The summed E-state index contributed by atoms with van der Waals surface area (Å²) in [6, 6.07) is -0.185. The van der Waals surface area contributed by atoms with Gasteiger partial charge in [0, 0.05) is 20.1 Å². The predicted octanol–water partition coefficient (Wildman–Crippen LogP) is 0.478. The molecule has 20 heavy (non-hydrogen) atoms. The van der Waals surface area contributed by atoms with E-state index in [4.69, 9.17) is 0 Å². The molecule has 0 fully saturated rings. The highest BCUT2D eigenvalue weighted by atomic mass is 16.2. The van der Waals surface area contributed by atoms with Crippen molar-refractivity contribution in [3.05, 3.63) is 31.3 Å². The molecular formula is C13H20N4O3. The molecule has 1 unspecified atom stereocenters. The van der Waals surface area contributed by atoms with Crippen LogP contribution in [0.5, 0.6) is 0 Å². The smallest absolute Gasteiger partial charge is 0.291 e. The van der Waals surface area contributed by atoms with Crippen molar-refractivity contribution >= 4 is 11.2 Å². The Bertz CT molecular complexity index is 806. The molecule has 0 aromatic carbocycles. The van der Waals surface area contributed by atoms with E-state index < -0.39 is 16.9 Å². The van der Waals surface area contributed by atoms with Gasteiger partial charge in [0.1, 0.15) is 5.65 Å². The fourth-order valence-electron chi connectivity index (χ4n) is 2.47. The number of rotatable bonds is 4. The molecule has 0 saturated heterocycles. The topological polar surface area (TPSA) is 81.8 Å². The minimum absolute atomic E-state index is 0.185. The van der Waals surface area contributed by atoms with Crippen LogP contribution in [0.1, 0.15) is 39.2 Å². The van der Waals surface area contributed by atoms with E-state index in [-0.39, 0.29) is 17.2 Å². The number of fused-ring (bicyclic) bond motifs is 1. The van der Waals surface area contributed by atoms with Crippen LogP contribution in [0.25, 0.3) is 11.2 Å². The predicted molar refractivity (Wildman–Crippen MR) is 77.3 cm³/mol. The van der Waals surface area contributed by atoms with Crippen molar-refractivity contribution in [1.82, 2.24) is 18.7 Å². The van der Waals surface area contributed by atoms with E-state index in [9.17, 15) is 14.4 Å². The molecule has 7 heteroatoms. The second kappa shape index (κ2) is 5.15. The third kappa shape index (κ3) is 2.03. The van der Waals surface area contributed by atoms with Gasteiger partial charge in [0.05, 0.1) is 0 Å². The molecule has 7 nitrogen and oxygen atoms in total. The molecule has 2 heterocycles. The third-order valence-corrected chi connectivity index (χ3v) is 3.76. The average molecular weight is 280 g/mol. The molecule has 110 valence electrons. The maximum Gasteiger partial charge on any atom is 0.332 e. The van der Waals surface area contributed by atoms with Gasteiger partial charge in [-0.1, -0.05) is 19.8 Å². The summed E-state index contributed by atoms with van der Waals surface area (Å²) in [6.07, 6.45) is 2.71. The zero-order valence-corrected chi connectivity index (χ0v) is 12.3. The van der Waals surface area contributed by atoms with Crippen molar-refractivity contribution in [1.29, 1.82) is 0 Å². The normalized spacial score (nSPS) is 13.0. The minimum atomic E-state index is -0.410. The lowest BCUT2D eigenvalue weighted by Crippen LogP contribution is -2.41. The van der Waals surface area contributed by atoms with Gasteiger partial charge < -0.3 is 0 Å². The second-order valence-electron chi connectivity index (χ2n) is 5.19. The number of imidazole rings is 1. The van der Waals surface area contributed by atoms with Gasteiger partial charge in [0.25, 0.3) is 5.56 Å². The Morgan fingerprint density at radius 3 is 2.40 bits per heavy atom. The Balaban J connectivity index is 2.80. The van der Waals surface area contributed by atoms with E-state index in [1.165, 1.54) is 20.7 Å². The highest BCUT2D eigenvalue weighted by molar-refractivity contribution is 5.69. The first kappa shape index (κ1) is 14.4. The lowest BCUT2D eigenvalue weighted by Gasteiger charge is -2.15. The van der Waals surface area contributed by atoms with Crippen LogP contribution in [-0.4, -0.2) is 18.7 Å². The van der Waals surface area contributed by atoms with E-state index in [2.05, 4.69) is 11.9 Å². The summed E-state index contributed by atoms with van der Waals surface area (Å²) in [6.45, 7) is 3.92. The summed E-state index contributed by atoms with van der Waals surface area (Å²) in [5.41, 5.74) is -0.696. The Morgan fingerprint density at radius 1 is 1.15 bits per heavy atom. The molecule has 1 N–H and O–H groups in total. The third-order valence-electron chi connectivity index (χ3n) is 3.76. The van der Waals surface area contributed by atoms with Gasteiger partial charge in [-0.3, -0.25) is 23.5 Å². The van der Waals surface area contributed by atoms with Gasteiger partial charge in [0.2, 0.25) is 0 Å². The fourth-order valence-corrected chi connectivity index (χ4v) is 2.47. The van der Waals surface area contributed by atoms with Crippen LogP contribution in [0.4, 0.5) is 0 Å². The molecular weight excluding hydrogens is 260 g/mol. The second-order valence-corrected chi connectivity index (χ2v) is 5.19. The van der Waals surface area contributed by atoms with Gasteiger partial charge in [0.15, 0.2) is 5.52 Å². The number of hydrogen-bond acceptors (Lipinski definition) is 3. The largest absolute Gasteiger partial charge is 0.332 e. The lowest BCUT2D eigenvalue weighted by atomic mass is 10.1. The molecule has 0 aliphatic rings.